The van der Waals surface area contributed by atoms with Crippen LogP contribution >= 0.6 is 25.3 Å². The number of carboxylic acids is 2. The van der Waals surface area contributed by atoms with E-state index in [1.54, 1.807) is 13.8 Å². The number of aliphatic hydroxyl groups is 2. The van der Waals surface area contributed by atoms with Gasteiger partial charge >= 0.3 is 11.9 Å². The van der Waals surface area contributed by atoms with E-state index < -0.39 is 11.9 Å². The summed E-state index contributed by atoms with van der Waals surface area (Å²) in [6.45, 7) is 9.81. The number of carbonyl (C=O) groups is 2. The van der Waals surface area contributed by atoms with Crippen molar-refractivity contribution in [1.29, 1.82) is 0 Å². The van der Waals surface area contributed by atoms with Crippen molar-refractivity contribution in [2.24, 2.45) is 0 Å². The van der Waals surface area contributed by atoms with E-state index in [4.69, 9.17) is 20.4 Å². The Bertz CT molecular complexity index is 355. The van der Waals surface area contributed by atoms with Gasteiger partial charge in [-0.25, -0.2) is 0 Å². The molecule has 0 radical (unpaired) electrons. The maximum Gasteiger partial charge on any atom is 0.313 e. The number of aliphatic carboxylic acids is 2. The molecule has 23 heavy (non-hydrogen) atoms. The predicted molar refractivity (Wildman–Crippen MR) is 97.2 cm³/mol. The first-order chi connectivity index (χ1) is 10.7. The van der Waals surface area contributed by atoms with Gasteiger partial charge < -0.3 is 25.2 Å². The molecule has 0 rings (SSSR count). The first-order valence-corrected chi connectivity index (χ1v) is 7.18. The number of ether oxygens (including phenoxy) is 1. The quantitative estimate of drug-likeness (QED) is 0.250. The summed E-state index contributed by atoms with van der Waals surface area (Å²) in [5.41, 5.74) is 0. The fourth-order valence-electron chi connectivity index (χ4n) is 0.364. The van der Waals surface area contributed by atoms with E-state index in [2.05, 4.69) is 43.2 Å². The molecule has 0 saturated carbocycles. The number of rotatable bonds is 5. The second-order valence-electron chi connectivity index (χ2n) is 2.92. The van der Waals surface area contributed by atoms with Crippen LogP contribution in [0.2, 0.25) is 0 Å². The Hall–Kier alpha value is -2.00. The van der Waals surface area contributed by atoms with Crippen molar-refractivity contribution in [2.45, 2.75) is 13.8 Å². The standard InChI is InChI=1S/C6H10O2.C4H6O.2C2H4O2S/c1-3-5(7)6(8)4-2;1-3-5-4-2;2*3-2(4)1-5/h3-4,7-8H,1-2H3;3-4H,1-2H2;2*5H,1H2,(H,3,4). The number of hydrogen-bond acceptors (Lipinski definition) is 7. The summed E-state index contributed by atoms with van der Waals surface area (Å²) in [6, 6.07) is 0. The van der Waals surface area contributed by atoms with Crippen LogP contribution in [-0.4, -0.2) is 43.9 Å². The first kappa shape index (κ1) is 29.1. The van der Waals surface area contributed by atoms with Crippen molar-refractivity contribution in [2.75, 3.05) is 11.5 Å². The van der Waals surface area contributed by atoms with Crippen molar-refractivity contribution in [3.05, 3.63) is 49.4 Å². The minimum Gasteiger partial charge on any atom is -0.504 e. The summed E-state index contributed by atoms with van der Waals surface area (Å²) >= 11 is 6.83. The summed E-state index contributed by atoms with van der Waals surface area (Å²) in [6.07, 6.45) is 5.48. The predicted octanol–water partition coefficient (Wildman–Crippen LogP) is 3.20. The molecule has 0 atom stereocenters. The lowest BCUT2D eigenvalue weighted by Gasteiger charge is -1.92. The highest BCUT2D eigenvalue weighted by Gasteiger charge is 1.92. The highest BCUT2D eigenvalue weighted by molar-refractivity contribution is 7.81. The van der Waals surface area contributed by atoms with Crippen LogP contribution in [-0.2, 0) is 14.3 Å². The van der Waals surface area contributed by atoms with Crippen LogP contribution in [0.25, 0.3) is 0 Å². The molecule has 0 aliphatic heterocycles. The maximum absolute atomic E-state index is 9.29. The Morgan fingerprint density at radius 2 is 1.09 bits per heavy atom. The summed E-state index contributed by atoms with van der Waals surface area (Å²) in [4.78, 5) is 18.6. The van der Waals surface area contributed by atoms with Crippen LogP contribution in [0.4, 0.5) is 0 Å². The van der Waals surface area contributed by atoms with Crippen LogP contribution in [0, 0.1) is 0 Å². The molecular weight excluding hydrogens is 344 g/mol. The lowest BCUT2D eigenvalue weighted by atomic mass is 10.4. The van der Waals surface area contributed by atoms with Crippen molar-refractivity contribution in [3.8, 4) is 0 Å². The van der Waals surface area contributed by atoms with Crippen molar-refractivity contribution in [1.82, 2.24) is 0 Å². The summed E-state index contributed by atoms with van der Waals surface area (Å²) in [5.74, 6) is -2.08. The highest BCUT2D eigenvalue weighted by atomic mass is 32.1. The van der Waals surface area contributed by atoms with E-state index >= 15 is 0 Å². The van der Waals surface area contributed by atoms with Gasteiger partial charge in [-0.15, -0.1) is 0 Å². The number of hydrogen-bond donors (Lipinski definition) is 6. The number of carboxylic acid groups (broad SMARTS) is 2. The molecule has 0 aliphatic rings. The van der Waals surface area contributed by atoms with Crippen molar-refractivity contribution >= 4 is 37.2 Å². The van der Waals surface area contributed by atoms with Gasteiger partial charge in [0.2, 0.25) is 0 Å². The van der Waals surface area contributed by atoms with Gasteiger partial charge in [0.25, 0.3) is 0 Å². The van der Waals surface area contributed by atoms with E-state index in [1.165, 1.54) is 24.7 Å². The van der Waals surface area contributed by atoms with Gasteiger partial charge in [-0.1, -0.05) is 13.2 Å². The van der Waals surface area contributed by atoms with Crippen LogP contribution < -0.4 is 0 Å². The molecule has 0 amide bonds. The van der Waals surface area contributed by atoms with E-state index in [1.807, 2.05) is 0 Å². The molecule has 0 unspecified atom stereocenters. The lowest BCUT2D eigenvalue weighted by Crippen LogP contribution is -1.92. The van der Waals surface area contributed by atoms with Gasteiger partial charge in [-0.05, 0) is 26.0 Å². The van der Waals surface area contributed by atoms with Crippen LogP contribution in [0.15, 0.2) is 49.4 Å². The van der Waals surface area contributed by atoms with Gasteiger partial charge in [0.15, 0.2) is 11.5 Å². The minimum absolute atomic E-state index is 0.0764. The molecule has 0 aromatic rings. The van der Waals surface area contributed by atoms with E-state index in [0.29, 0.717) is 0 Å². The second-order valence-corrected chi connectivity index (χ2v) is 3.55. The molecule has 9 heteroatoms. The molecule has 0 bridgehead atoms. The zero-order valence-electron chi connectivity index (χ0n) is 13.0. The van der Waals surface area contributed by atoms with Crippen LogP contribution in [0.1, 0.15) is 13.8 Å². The monoisotopic (exact) mass is 368 g/mol. The van der Waals surface area contributed by atoms with E-state index in [9.17, 15) is 9.59 Å². The Labute approximate surface area is 147 Å². The molecule has 134 valence electrons. The molecule has 4 N–H and O–H groups in total. The number of thiol groups is 2. The maximum atomic E-state index is 9.29. The third kappa shape index (κ3) is 45.0. The molecule has 0 saturated heterocycles. The van der Waals surface area contributed by atoms with Crippen molar-refractivity contribution < 1.29 is 34.8 Å². The van der Waals surface area contributed by atoms with Gasteiger partial charge in [-0.2, -0.15) is 25.3 Å². The fraction of sp³-hybridized carbons (Fsp3) is 0.286. The second kappa shape index (κ2) is 25.0. The summed E-state index contributed by atoms with van der Waals surface area (Å²) in [7, 11) is 0. The largest absolute Gasteiger partial charge is 0.504 e. The molecule has 0 spiro atoms. The molecule has 0 heterocycles. The molecule has 0 aromatic heterocycles. The minimum atomic E-state index is -0.881. The van der Waals surface area contributed by atoms with Gasteiger partial charge in [-0.3, -0.25) is 9.59 Å². The summed E-state index contributed by atoms with van der Waals surface area (Å²) < 4.78 is 4.36. The summed E-state index contributed by atoms with van der Waals surface area (Å²) in [5, 5.41) is 32.6. The van der Waals surface area contributed by atoms with Gasteiger partial charge in [0, 0.05) is 0 Å². The molecule has 0 fully saturated rings. The Kier molecular flexibility index (Phi) is 31.6. The number of aliphatic hydroxyl groups excluding tert-OH is 2. The zero-order chi connectivity index (χ0) is 19.3. The average molecular weight is 368 g/mol. The molecule has 0 aliphatic carbocycles. The van der Waals surface area contributed by atoms with Crippen LogP contribution in [0.5, 0.6) is 0 Å². The Morgan fingerprint density at radius 1 is 0.870 bits per heavy atom. The first-order valence-electron chi connectivity index (χ1n) is 5.91. The Morgan fingerprint density at radius 3 is 1.13 bits per heavy atom. The van der Waals surface area contributed by atoms with E-state index in [-0.39, 0.29) is 23.0 Å². The smallest absolute Gasteiger partial charge is 0.313 e. The molecular formula is C14H24O7S2. The third-order valence-corrected chi connectivity index (χ3v) is 1.81. The normalized spacial score (nSPS) is 9.39. The van der Waals surface area contributed by atoms with Gasteiger partial charge in [0.1, 0.15) is 0 Å². The van der Waals surface area contributed by atoms with Crippen molar-refractivity contribution in [3.63, 3.8) is 0 Å². The zero-order valence-corrected chi connectivity index (χ0v) is 14.8. The lowest BCUT2D eigenvalue weighted by molar-refractivity contribution is -0.134. The van der Waals surface area contributed by atoms with Gasteiger partial charge in [0.05, 0.1) is 24.0 Å². The number of allylic oxidation sites excluding steroid dienone is 2. The molecule has 0 aromatic carbocycles. The third-order valence-electron chi connectivity index (χ3n) is 1.27. The highest BCUT2D eigenvalue weighted by Crippen LogP contribution is 1.99. The van der Waals surface area contributed by atoms with Crippen LogP contribution in [0.3, 0.4) is 0 Å². The average Bonchev–Trinajstić information content (AvgIpc) is 2.55. The van der Waals surface area contributed by atoms with E-state index in [0.717, 1.165) is 0 Å². The Balaban J connectivity index is -0.000000108. The SMILES string of the molecule is C=COC=C.CC=C(O)C(O)=CC.O=C(O)CS.O=C(O)CS. The fourth-order valence-corrected chi connectivity index (χ4v) is 0.364. The molecule has 7 nitrogen and oxygen atoms in total. The topological polar surface area (TPSA) is 124 Å².